The number of benzene rings is 1. The van der Waals surface area contributed by atoms with Crippen molar-refractivity contribution in [3.05, 3.63) is 34.1 Å². The molecule has 2 rings (SSSR count). The Kier molecular flexibility index (Phi) is 3.12. The molecular weight excluding hydrogens is 318 g/mol. The molecule has 18 heavy (non-hydrogen) atoms. The van der Waals surface area contributed by atoms with Crippen LogP contribution in [0.25, 0.3) is 0 Å². The lowest BCUT2D eigenvalue weighted by Gasteiger charge is -2.21. The summed E-state index contributed by atoms with van der Waals surface area (Å²) in [6.45, 7) is 0. The average molecular weight is 326 g/mol. The van der Waals surface area contributed by atoms with Gasteiger partial charge in [0.15, 0.2) is 0 Å². The number of nitrogens with one attached hydrogen (secondary N) is 1. The maximum absolute atomic E-state index is 12.8. The molecule has 1 aliphatic carbocycles. The smallest absolute Gasteiger partial charge is 0.338 e. The van der Waals surface area contributed by atoms with Crippen molar-refractivity contribution >= 4 is 21.8 Å². The summed E-state index contributed by atoms with van der Waals surface area (Å²) in [5.41, 5.74) is -2.13. The Morgan fingerprint density at radius 3 is 2.39 bits per heavy atom. The lowest BCUT2D eigenvalue weighted by molar-refractivity contribution is -0.163. The van der Waals surface area contributed by atoms with Gasteiger partial charge in [0.2, 0.25) is 0 Å². The molecule has 1 fully saturated rings. The largest absolute Gasteiger partial charge is 0.411 e. The van der Waals surface area contributed by atoms with Crippen LogP contribution in [-0.2, 0) is 0 Å². The minimum Gasteiger partial charge on any atom is -0.338 e. The van der Waals surface area contributed by atoms with E-state index < -0.39 is 23.4 Å². The van der Waals surface area contributed by atoms with Crippen LogP contribution in [0.4, 0.5) is 17.6 Å². The highest BCUT2D eigenvalue weighted by atomic mass is 79.9. The standard InChI is InChI=1S/C11H8BrF4NO/c12-8-5-6(13)1-2-7(8)9(18)17-10(3-4-10)11(14,15)16/h1-2,5H,3-4H2,(H,17,18). The third-order valence-electron chi connectivity index (χ3n) is 2.82. The number of carbonyl (C=O) groups excluding carboxylic acids is 1. The van der Waals surface area contributed by atoms with Gasteiger partial charge in [0, 0.05) is 4.47 Å². The number of alkyl halides is 3. The molecule has 0 atom stereocenters. The monoisotopic (exact) mass is 325 g/mol. The zero-order valence-corrected chi connectivity index (χ0v) is 10.5. The molecule has 0 heterocycles. The predicted octanol–water partition coefficient (Wildman–Crippen LogP) is 3.41. The highest BCUT2D eigenvalue weighted by Gasteiger charge is 2.64. The topological polar surface area (TPSA) is 29.1 Å². The van der Waals surface area contributed by atoms with Crippen LogP contribution in [0.2, 0.25) is 0 Å². The molecule has 1 aromatic carbocycles. The summed E-state index contributed by atoms with van der Waals surface area (Å²) in [6, 6.07) is 3.19. The van der Waals surface area contributed by atoms with E-state index in [0.29, 0.717) is 0 Å². The lowest BCUT2D eigenvalue weighted by Crippen LogP contribution is -2.47. The highest BCUT2D eigenvalue weighted by molar-refractivity contribution is 9.10. The van der Waals surface area contributed by atoms with Gasteiger partial charge in [0.1, 0.15) is 11.4 Å². The fraction of sp³-hybridized carbons (Fsp3) is 0.364. The second-order valence-corrected chi connectivity index (χ2v) is 5.01. The predicted molar refractivity (Wildman–Crippen MR) is 59.6 cm³/mol. The second-order valence-electron chi connectivity index (χ2n) is 4.16. The SMILES string of the molecule is O=C(NC1(C(F)(F)F)CC1)c1ccc(F)cc1Br. The zero-order valence-electron chi connectivity index (χ0n) is 8.94. The van der Waals surface area contributed by atoms with E-state index in [1.54, 1.807) is 0 Å². The first kappa shape index (κ1) is 13.3. The number of hydrogen-bond acceptors (Lipinski definition) is 1. The first-order valence-corrected chi connectivity index (χ1v) is 5.89. The van der Waals surface area contributed by atoms with Gasteiger partial charge in [0.25, 0.3) is 5.91 Å². The lowest BCUT2D eigenvalue weighted by atomic mass is 10.1. The average Bonchev–Trinajstić information content (AvgIpc) is 2.97. The summed E-state index contributed by atoms with van der Waals surface area (Å²) in [6.07, 6.45) is -4.71. The molecule has 1 saturated carbocycles. The molecule has 7 heteroatoms. The van der Waals surface area contributed by atoms with Crippen LogP contribution in [0, 0.1) is 5.82 Å². The van der Waals surface area contributed by atoms with Gasteiger partial charge in [-0.1, -0.05) is 0 Å². The van der Waals surface area contributed by atoms with Crippen molar-refractivity contribution < 1.29 is 22.4 Å². The number of carbonyl (C=O) groups is 1. The number of amides is 1. The summed E-state index contributed by atoms with van der Waals surface area (Å²) in [4.78, 5) is 11.7. The molecule has 0 aromatic heterocycles. The van der Waals surface area contributed by atoms with Gasteiger partial charge < -0.3 is 5.32 Å². The fourth-order valence-corrected chi connectivity index (χ4v) is 2.09. The van der Waals surface area contributed by atoms with Crippen molar-refractivity contribution in [3.8, 4) is 0 Å². The van der Waals surface area contributed by atoms with E-state index in [1.807, 2.05) is 5.32 Å². The van der Waals surface area contributed by atoms with Gasteiger partial charge in [-0.2, -0.15) is 13.2 Å². The number of rotatable bonds is 2. The minimum atomic E-state index is -4.46. The summed E-state index contributed by atoms with van der Waals surface area (Å²) < 4.78 is 50.9. The fourth-order valence-electron chi connectivity index (χ4n) is 1.56. The van der Waals surface area contributed by atoms with Gasteiger partial charge in [0.05, 0.1) is 5.56 Å². The number of hydrogen-bond donors (Lipinski definition) is 1. The molecule has 1 aliphatic rings. The first-order chi connectivity index (χ1) is 8.25. The summed E-state index contributed by atoms with van der Waals surface area (Å²) >= 11 is 2.94. The molecule has 0 spiro atoms. The maximum atomic E-state index is 12.8. The van der Waals surface area contributed by atoms with Crippen molar-refractivity contribution in [1.82, 2.24) is 5.32 Å². The molecule has 2 nitrogen and oxygen atoms in total. The van der Waals surface area contributed by atoms with Gasteiger partial charge in [-0.25, -0.2) is 4.39 Å². The Balaban J connectivity index is 2.19. The molecule has 0 aliphatic heterocycles. The van der Waals surface area contributed by atoms with Gasteiger partial charge in [-0.15, -0.1) is 0 Å². The molecule has 0 unspecified atom stereocenters. The van der Waals surface area contributed by atoms with Crippen LogP contribution >= 0.6 is 15.9 Å². The molecule has 0 saturated heterocycles. The van der Waals surface area contributed by atoms with Crippen molar-refractivity contribution in [2.45, 2.75) is 24.6 Å². The molecule has 0 radical (unpaired) electrons. The van der Waals surface area contributed by atoms with Crippen molar-refractivity contribution in [1.29, 1.82) is 0 Å². The van der Waals surface area contributed by atoms with Crippen LogP contribution in [0.5, 0.6) is 0 Å². The molecular formula is C11H8BrF4NO. The van der Waals surface area contributed by atoms with E-state index in [2.05, 4.69) is 15.9 Å². The Morgan fingerprint density at radius 1 is 1.33 bits per heavy atom. The van der Waals surface area contributed by atoms with Crippen LogP contribution in [0.1, 0.15) is 23.2 Å². The molecule has 1 aromatic rings. The highest BCUT2D eigenvalue weighted by Crippen LogP contribution is 2.49. The van der Waals surface area contributed by atoms with Crippen molar-refractivity contribution in [3.63, 3.8) is 0 Å². The van der Waals surface area contributed by atoms with Gasteiger partial charge in [-0.05, 0) is 47.0 Å². The Labute approximate surface area is 108 Å². The first-order valence-electron chi connectivity index (χ1n) is 5.09. The third-order valence-corrected chi connectivity index (χ3v) is 3.48. The van der Waals surface area contributed by atoms with Gasteiger partial charge >= 0.3 is 6.18 Å². The van der Waals surface area contributed by atoms with E-state index in [9.17, 15) is 22.4 Å². The Morgan fingerprint density at radius 2 is 1.94 bits per heavy atom. The van der Waals surface area contributed by atoms with Crippen molar-refractivity contribution in [2.75, 3.05) is 0 Å². The molecule has 0 bridgehead atoms. The summed E-state index contributed by atoms with van der Waals surface area (Å²) in [7, 11) is 0. The van der Waals surface area contributed by atoms with Crippen LogP contribution in [0.3, 0.4) is 0 Å². The van der Waals surface area contributed by atoms with Crippen LogP contribution in [-0.4, -0.2) is 17.6 Å². The minimum absolute atomic E-state index is 0.0214. The second kappa shape index (κ2) is 4.22. The van der Waals surface area contributed by atoms with Crippen LogP contribution < -0.4 is 5.32 Å². The summed E-state index contributed by atoms with van der Waals surface area (Å²) in [5, 5.41) is 1.97. The number of halogens is 5. The Hall–Kier alpha value is -1.11. The molecule has 98 valence electrons. The molecule has 1 N–H and O–H groups in total. The van der Waals surface area contributed by atoms with Crippen molar-refractivity contribution in [2.24, 2.45) is 0 Å². The normalized spacial score (nSPS) is 17.4. The van der Waals surface area contributed by atoms with E-state index in [-0.39, 0.29) is 22.9 Å². The zero-order chi connectivity index (χ0) is 13.6. The van der Waals surface area contributed by atoms with E-state index in [4.69, 9.17) is 0 Å². The van der Waals surface area contributed by atoms with E-state index in [0.717, 1.165) is 18.2 Å². The van der Waals surface area contributed by atoms with Crippen LogP contribution in [0.15, 0.2) is 22.7 Å². The maximum Gasteiger partial charge on any atom is 0.411 e. The Bertz CT molecular complexity index is 496. The quantitative estimate of drug-likeness (QED) is 0.829. The summed E-state index contributed by atoms with van der Waals surface area (Å²) in [5.74, 6) is -1.44. The third kappa shape index (κ3) is 2.36. The van der Waals surface area contributed by atoms with E-state index >= 15 is 0 Å². The molecule has 1 amide bonds. The van der Waals surface area contributed by atoms with Gasteiger partial charge in [-0.3, -0.25) is 4.79 Å². The van der Waals surface area contributed by atoms with E-state index in [1.165, 1.54) is 0 Å².